The third-order valence-corrected chi connectivity index (χ3v) is 3.01. The van der Waals surface area contributed by atoms with Crippen molar-refractivity contribution < 1.29 is 4.79 Å². The number of aromatic nitrogens is 1. The van der Waals surface area contributed by atoms with Crippen molar-refractivity contribution in [3.63, 3.8) is 0 Å². The third-order valence-electron chi connectivity index (χ3n) is 3.01. The Labute approximate surface area is 107 Å². The summed E-state index contributed by atoms with van der Waals surface area (Å²) in [6, 6.07) is 9.90. The summed E-state index contributed by atoms with van der Waals surface area (Å²) in [5, 5.41) is 4.14. The Morgan fingerprint density at radius 1 is 1.28 bits per heavy atom. The van der Waals surface area contributed by atoms with Crippen LogP contribution in [0.2, 0.25) is 0 Å². The van der Waals surface area contributed by atoms with E-state index in [-0.39, 0.29) is 0 Å². The van der Waals surface area contributed by atoms with Crippen LogP contribution in [0, 0.1) is 0 Å². The number of benzene rings is 1. The molecule has 3 nitrogen and oxygen atoms in total. The molecule has 0 bridgehead atoms. The average Bonchev–Trinajstić information content (AvgIpc) is 2.39. The van der Waals surface area contributed by atoms with Crippen LogP contribution in [0.1, 0.15) is 18.4 Å². The topological polar surface area (TPSA) is 42.0 Å². The standard InChI is InChI=1S/C15H18N2O/c1-16-9-4-5-13(18)11-12-8-10-17-15-7-3-2-6-14(12)15/h2-3,6-8,10,16H,4-5,9,11H2,1H3. The molecule has 0 spiro atoms. The van der Waals surface area contributed by atoms with E-state index in [0.717, 1.165) is 29.4 Å². The zero-order valence-corrected chi connectivity index (χ0v) is 10.6. The minimum absolute atomic E-state index is 0.293. The van der Waals surface area contributed by atoms with Crippen molar-refractivity contribution in [2.75, 3.05) is 13.6 Å². The fraction of sp³-hybridized carbons (Fsp3) is 0.333. The molecule has 2 aromatic rings. The van der Waals surface area contributed by atoms with Gasteiger partial charge < -0.3 is 5.32 Å². The predicted molar refractivity (Wildman–Crippen MR) is 73.6 cm³/mol. The monoisotopic (exact) mass is 242 g/mol. The molecule has 0 unspecified atom stereocenters. The molecule has 1 aromatic heterocycles. The van der Waals surface area contributed by atoms with Gasteiger partial charge in [-0.1, -0.05) is 18.2 Å². The minimum Gasteiger partial charge on any atom is -0.320 e. The molecule has 0 fully saturated rings. The van der Waals surface area contributed by atoms with Gasteiger partial charge in [0.25, 0.3) is 0 Å². The second-order valence-corrected chi connectivity index (χ2v) is 4.41. The van der Waals surface area contributed by atoms with Crippen LogP contribution in [0.3, 0.4) is 0 Å². The van der Waals surface area contributed by atoms with Crippen molar-refractivity contribution in [1.29, 1.82) is 0 Å². The molecule has 18 heavy (non-hydrogen) atoms. The summed E-state index contributed by atoms with van der Waals surface area (Å²) in [5.74, 6) is 0.293. The molecule has 0 atom stereocenters. The van der Waals surface area contributed by atoms with E-state index in [4.69, 9.17) is 0 Å². The molecule has 0 aliphatic heterocycles. The van der Waals surface area contributed by atoms with Crippen LogP contribution in [0.15, 0.2) is 36.5 Å². The number of rotatable bonds is 6. The molecular formula is C15H18N2O. The Hall–Kier alpha value is -1.74. The molecule has 2 rings (SSSR count). The summed E-state index contributed by atoms with van der Waals surface area (Å²) < 4.78 is 0. The van der Waals surface area contributed by atoms with E-state index in [1.807, 2.05) is 37.4 Å². The number of Topliss-reactive ketones (excluding diaryl/α,β-unsaturated/α-hetero) is 1. The number of pyridine rings is 1. The maximum Gasteiger partial charge on any atom is 0.137 e. The zero-order chi connectivity index (χ0) is 12.8. The molecule has 94 valence electrons. The van der Waals surface area contributed by atoms with Gasteiger partial charge in [-0.15, -0.1) is 0 Å². The molecule has 0 radical (unpaired) electrons. The first-order valence-corrected chi connectivity index (χ1v) is 6.30. The SMILES string of the molecule is CNCCCC(=O)Cc1ccnc2ccccc12. The lowest BCUT2D eigenvalue weighted by molar-refractivity contribution is -0.118. The number of nitrogens with one attached hydrogen (secondary N) is 1. The third kappa shape index (κ3) is 3.14. The Bertz CT molecular complexity index is 532. The van der Waals surface area contributed by atoms with Gasteiger partial charge in [-0.3, -0.25) is 9.78 Å². The lowest BCUT2D eigenvalue weighted by Gasteiger charge is -2.05. The normalized spacial score (nSPS) is 10.7. The van der Waals surface area contributed by atoms with E-state index in [0.29, 0.717) is 18.6 Å². The van der Waals surface area contributed by atoms with E-state index < -0.39 is 0 Å². The number of nitrogens with zero attached hydrogens (tertiary/aromatic N) is 1. The molecule has 0 aliphatic carbocycles. The van der Waals surface area contributed by atoms with Crippen molar-refractivity contribution in [2.45, 2.75) is 19.3 Å². The van der Waals surface area contributed by atoms with Crippen LogP contribution < -0.4 is 5.32 Å². The van der Waals surface area contributed by atoms with Crippen LogP contribution in [0.4, 0.5) is 0 Å². The van der Waals surface area contributed by atoms with Crippen LogP contribution >= 0.6 is 0 Å². The smallest absolute Gasteiger partial charge is 0.137 e. The molecule has 1 N–H and O–H groups in total. The van der Waals surface area contributed by atoms with Crippen molar-refractivity contribution in [3.8, 4) is 0 Å². The highest BCUT2D eigenvalue weighted by Crippen LogP contribution is 2.17. The highest BCUT2D eigenvalue weighted by atomic mass is 16.1. The predicted octanol–water partition coefficient (Wildman–Crippen LogP) is 2.35. The first-order chi connectivity index (χ1) is 8.81. The summed E-state index contributed by atoms with van der Waals surface area (Å²) >= 11 is 0. The molecule has 0 aliphatic rings. The van der Waals surface area contributed by atoms with Crippen LogP contribution in [0.25, 0.3) is 10.9 Å². The van der Waals surface area contributed by atoms with Crippen molar-refractivity contribution in [3.05, 3.63) is 42.1 Å². The lowest BCUT2D eigenvalue weighted by Crippen LogP contribution is -2.11. The van der Waals surface area contributed by atoms with Gasteiger partial charge in [-0.25, -0.2) is 0 Å². The fourth-order valence-electron chi connectivity index (χ4n) is 2.07. The van der Waals surface area contributed by atoms with Crippen LogP contribution in [-0.2, 0) is 11.2 Å². The van der Waals surface area contributed by atoms with Gasteiger partial charge in [-0.05, 0) is 37.7 Å². The minimum atomic E-state index is 0.293. The first-order valence-electron chi connectivity index (χ1n) is 6.30. The molecule has 3 heteroatoms. The second kappa shape index (κ2) is 6.26. The quantitative estimate of drug-likeness (QED) is 0.791. The summed E-state index contributed by atoms with van der Waals surface area (Å²) in [7, 11) is 1.90. The highest BCUT2D eigenvalue weighted by Gasteiger charge is 2.07. The highest BCUT2D eigenvalue weighted by molar-refractivity contribution is 5.88. The number of fused-ring (bicyclic) bond motifs is 1. The number of hydrogen-bond acceptors (Lipinski definition) is 3. The Morgan fingerprint density at radius 3 is 2.94 bits per heavy atom. The molecule has 0 amide bonds. The number of hydrogen-bond donors (Lipinski definition) is 1. The summed E-state index contributed by atoms with van der Waals surface area (Å²) in [6.45, 7) is 0.892. The van der Waals surface area contributed by atoms with Gasteiger partial charge >= 0.3 is 0 Å². The largest absolute Gasteiger partial charge is 0.320 e. The Kier molecular flexibility index (Phi) is 4.42. The van der Waals surface area contributed by atoms with Gasteiger partial charge in [-0.2, -0.15) is 0 Å². The molecule has 0 saturated heterocycles. The maximum atomic E-state index is 11.9. The van der Waals surface area contributed by atoms with Crippen LogP contribution in [-0.4, -0.2) is 24.4 Å². The van der Waals surface area contributed by atoms with Crippen molar-refractivity contribution >= 4 is 16.7 Å². The number of para-hydroxylation sites is 1. The Balaban J connectivity index is 2.09. The first kappa shape index (κ1) is 12.7. The zero-order valence-electron chi connectivity index (χ0n) is 10.6. The van der Waals surface area contributed by atoms with E-state index in [9.17, 15) is 4.79 Å². The van der Waals surface area contributed by atoms with Crippen LogP contribution in [0.5, 0.6) is 0 Å². The maximum absolute atomic E-state index is 11.9. The van der Waals surface area contributed by atoms with Gasteiger partial charge in [0.1, 0.15) is 5.78 Å². The van der Waals surface area contributed by atoms with E-state index in [1.165, 1.54) is 0 Å². The number of ketones is 1. The van der Waals surface area contributed by atoms with E-state index in [1.54, 1.807) is 6.20 Å². The molecule has 0 saturated carbocycles. The van der Waals surface area contributed by atoms with Crippen molar-refractivity contribution in [2.24, 2.45) is 0 Å². The molecule has 1 aromatic carbocycles. The van der Waals surface area contributed by atoms with Gasteiger partial charge in [0, 0.05) is 24.4 Å². The van der Waals surface area contributed by atoms with E-state index in [2.05, 4.69) is 10.3 Å². The summed E-state index contributed by atoms with van der Waals surface area (Å²) in [6.07, 6.45) is 3.82. The molecular weight excluding hydrogens is 224 g/mol. The average molecular weight is 242 g/mol. The van der Waals surface area contributed by atoms with Crippen molar-refractivity contribution in [1.82, 2.24) is 10.3 Å². The van der Waals surface area contributed by atoms with Gasteiger partial charge in [0.05, 0.1) is 5.52 Å². The Morgan fingerprint density at radius 2 is 2.11 bits per heavy atom. The second-order valence-electron chi connectivity index (χ2n) is 4.41. The van der Waals surface area contributed by atoms with Gasteiger partial charge in [0.2, 0.25) is 0 Å². The summed E-state index contributed by atoms with van der Waals surface area (Å²) in [4.78, 5) is 16.2. The number of carbonyl (C=O) groups is 1. The summed E-state index contributed by atoms with van der Waals surface area (Å²) in [5.41, 5.74) is 2.04. The number of carbonyl (C=O) groups excluding carboxylic acids is 1. The van der Waals surface area contributed by atoms with E-state index >= 15 is 0 Å². The van der Waals surface area contributed by atoms with Gasteiger partial charge in [0.15, 0.2) is 0 Å². The fourth-order valence-corrected chi connectivity index (χ4v) is 2.07. The lowest BCUT2D eigenvalue weighted by atomic mass is 10.0. The molecule has 1 heterocycles.